The summed E-state index contributed by atoms with van der Waals surface area (Å²) in [5.74, 6) is -0.171. The van der Waals surface area contributed by atoms with Crippen LogP contribution in [-0.2, 0) is 15.8 Å². The molecule has 0 fully saturated rings. The third-order valence-electron chi connectivity index (χ3n) is 4.64. The van der Waals surface area contributed by atoms with Crippen molar-refractivity contribution < 1.29 is 18.1 Å². The van der Waals surface area contributed by atoms with Crippen LogP contribution in [0.3, 0.4) is 0 Å². The van der Waals surface area contributed by atoms with Gasteiger partial charge in [0.1, 0.15) is 16.6 Å². The van der Waals surface area contributed by atoms with Crippen molar-refractivity contribution in [1.29, 1.82) is 0 Å². The van der Waals surface area contributed by atoms with E-state index in [1.807, 2.05) is 20.8 Å². The Kier molecular flexibility index (Phi) is 7.69. The molecule has 1 N–H and O–H groups in total. The molecule has 0 saturated carbocycles. The van der Waals surface area contributed by atoms with Gasteiger partial charge in [-0.1, -0.05) is 20.8 Å². The maximum Gasteiger partial charge on any atom is 0.218 e. The van der Waals surface area contributed by atoms with Crippen molar-refractivity contribution in [3.63, 3.8) is 0 Å². The summed E-state index contributed by atoms with van der Waals surface area (Å²) in [6.07, 6.45) is 1.11. The predicted molar refractivity (Wildman–Crippen MR) is 108 cm³/mol. The number of methoxy groups -OCH3 is 1. The Morgan fingerprint density at radius 3 is 2.31 bits per heavy atom. The summed E-state index contributed by atoms with van der Waals surface area (Å²) >= 11 is -1.35. The first-order chi connectivity index (χ1) is 11.7. The lowest BCUT2D eigenvalue weighted by Crippen LogP contribution is -2.46. The van der Waals surface area contributed by atoms with Gasteiger partial charge in [-0.05, 0) is 45.0 Å². The van der Waals surface area contributed by atoms with E-state index < -0.39 is 36.3 Å². The average Bonchev–Trinajstić information content (AvgIpc) is 2.49. The fourth-order valence-corrected chi connectivity index (χ4v) is 3.69. The lowest BCUT2D eigenvalue weighted by Gasteiger charge is -2.37. The highest BCUT2D eigenvalue weighted by Gasteiger charge is 2.39. The molecule has 8 heteroatoms. The molecule has 1 unspecified atom stereocenters. The van der Waals surface area contributed by atoms with Crippen LogP contribution < -0.4 is 9.46 Å². The van der Waals surface area contributed by atoms with E-state index in [0.717, 1.165) is 6.20 Å². The smallest absolute Gasteiger partial charge is 0.218 e. The topological polar surface area (TPSA) is 66.4 Å². The zero-order chi connectivity index (χ0) is 20.3. The van der Waals surface area contributed by atoms with E-state index >= 15 is 0 Å². The van der Waals surface area contributed by atoms with Crippen molar-refractivity contribution in [2.24, 2.45) is 0 Å². The van der Waals surface area contributed by atoms with Crippen LogP contribution >= 0.6 is 0 Å². The van der Waals surface area contributed by atoms with Crippen LogP contribution in [0, 0.1) is 5.82 Å². The van der Waals surface area contributed by atoms with Crippen molar-refractivity contribution in [3.05, 3.63) is 23.6 Å². The number of hydrogen-bond donors (Lipinski definition) is 1. The zero-order valence-corrected chi connectivity index (χ0v) is 19.2. The van der Waals surface area contributed by atoms with Crippen LogP contribution in [0.15, 0.2) is 12.3 Å². The van der Waals surface area contributed by atoms with Crippen LogP contribution in [0.1, 0.15) is 53.1 Å². The molecule has 0 saturated heterocycles. The van der Waals surface area contributed by atoms with E-state index in [1.54, 1.807) is 0 Å². The third-order valence-corrected chi connectivity index (χ3v) is 10.7. The Morgan fingerprint density at radius 1 is 1.27 bits per heavy atom. The minimum Gasteiger partial charge on any atom is -0.598 e. The molecule has 0 aliphatic rings. The Bertz CT molecular complexity index is 603. The van der Waals surface area contributed by atoms with E-state index in [1.165, 1.54) is 13.2 Å². The van der Waals surface area contributed by atoms with Crippen molar-refractivity contribution >= 4 is 19.7 Å². The van der Waals surface area contributed by atoms with Gasteiger partial charge in [-0.15, -0.1) is 4.72 Å². The van der Waals surface area contributed by atoms with Crippen LogP contribution in [0.25, 0.3) is 0 Å². The second-order valence-electron chi connectivity index (χ2n) is 8.87. The maximum atomic E-state index is 13.8. The van der Waals surface area contributed by atoms with Gasteiger partial charge in [-0.3, -0.25) is 0 Å². The minimum atomic E-state index is -2.03. The van der Waals surface area contributed by atoms with Gasteiger partial charge in [0.25, 0.3) is 0 Å². The highest BCUT2D eigenvalue weighted by molar-refractivity contribution is 7.90. The van der Waals surface area contributed by atoms with Crippen molar-refractivity contribution in [1.82, 2.24) is 9.71 Å². The molecule has 2 atom stereocenters. The fourth-order valence-electron chi connectivity index (χ4n) is 1.86. The van der Waals surface area contributed by atoms with Gasteiger partial charge >= 0.3 is 0 Å². The summed E-state index contributed by atoms with van der Waals surface area (Å²) in [6, 6.07) is 0.862. The largest absolute Gasteiger partial charge is 0.598 e. The molecule has 0 aliphatic heterocycles. The van der Waals surface area contributed by atoms with Crippen molar-refractivity contribution in [2.75, 3.05) is 13.7 Å². The number of aromatic nitrogens is 1. The molecule has 26 heavy (non-hydrogen) atoms. The standard InChI is InChI=1S/C18H33FN2O3SSi/c1-17(2,3)25(22)21-15(12-24-26(8,9)18(4,5)6)14-10-13(19)11-20-16(14)23-7/h10-11,15,21H,12H2,1-9H3/t15?,25-/m0/s1. The van der Waals surface area contributed by atoms with Crippen molar-refractivity contribution in [3.8, 4) is 5.88 Å². The van der Waals surface area contributed by atoms with E-state index in [-0.39, 0.29) is 11.6 Å². The second-order valence-corrected chi connectivity index (χ2v) is 15.7. The lowest BCUT2D eigenvalue weighted by atomic mass is 10.1. The first-order valence-corrected chi connectivity index (χ1v) is 12.8. The van der Waals surface area contributed by atoms with E-state index in [2.05, 4.69) is 43.6 Å². The first kappa shape index (κ1) is 23.4. The number of pyridine rings is 1. The number of halogens is 1. The van der Waals surface area contributed by atoms with Crippen LogP contribution in [0.5, 0.6) is 5.88 Å². The van der Waals surface area contributed by atoms with Crippen molar-refractivity contribution in [2.45, 2.75) is 70.5 Å². The molecule has 0 aromatic carbocycles. The molecular weight excluding hydrogens is 371 g/mol. The normalized spacial score (nSPS) is 15.7. The number of nitrogens with zero attached hydrogens (tertiary/aromatic N) is 1. The molecule has 5 nitrogen and oxygen atoms in total. The van der Waals surface area contributed by atoms with Crippen LogP contribution in [-0.4, -0.2) is 36.3 Å². The van der Waals surface area contributed by atoms with E-state index in [4.69, 9.17) is 9.16 Å². The quantitative estimate of drug-likeness (QED) is 0.541. The van der Waals surface area contributed by atoms with E-state index in [9.17, 15) is 8.94 Å². The van der Waals surface area contributed by atoms with Gasteiger partial charge < -0.3 is 13.7 Å². The van der Waals surface area contributed by atoms with Crippen LogP contribution in [0.2, 0.25) is 18.1 Å². The third kappa shape index (κ3) is 6.19. The molecule has 0 spiro atoms. The fraction of sp³-hybridized carbons (Fsp3) is 0.722. The Labute approximate surface area is 161 Å². The molecule has 0 amide bonds. The van der Waals surface area contributed by atoms with Gasteiger partial charge in [0.15, 0.2) is 8.32 Å². The monoisotopic (exact) mass is 404 g/mol. The summed E-state index contributed by atoms with van der Waals surface area (Å²) in [7, 11) is -0.550. The molecule has 0 radical (unpaired) electrons. The number of hydrogen-bond acceptors (Lipinski definition) is 5. The zero-order valence-electron chi connectivity index (χ0n) is 17.4. The summed E-state index contributed by atoms with van der Waals surface area (Å²) < 4.78 is 40.7. The summed E-state index contributed by atoms with van der Waals surface area (Å²) in [4.78, 5) is 4.00. The molecule has 0 aliphatic carbocycles. The summed E-state index contributed by atoms with van der Waals surface area (Å²) in [5, 5.41) is 0.0327. The Morgan fingerprint density at radius 2 is 1.85 bits per heavy atom. The van der Waals surface area contributed by atoms with Gasteiger partial charge in [0.05, 0.1) is 19.9 Å². The number of nitrogens with one attached hydrogen (secondary N) is 1. The Hall–Kier alpha value is -0.673. The average molecular weight is 405 g/mol. The molecular formula is C18H33FN2O3SSi. The highest BCUT2D eigenvalue weighted by atomic mass is 32.2. The molecule has 1 aromatic rings. The van der Waals surface area contributed by atoms with Crippen LogP contribution in [0.4, 0.5) is 4.39 Å². The Balaban J connectivity index is 3.17. The predicted octanol–water partition coefficient (Wildman–Crippen LogP) is 4.34. The number of ether oxygens (including phenoxy) is 1. The second kappa shape index (κ2) is 8.56. The summed E-state index contributed by atoms with van der Waals surface area (Å²) in [6.45, 7) is 16.6. The molecule has 150 valence electrons. The highest BCUT2D eigenvalue weighted by Crippen LogP contribution is 2.37. The summed E-state index contributed by atoms with van der Waals surface area (Å²) in [5.41, 5.74) is 0.504. The molecule has 1 heterocycles. The lowest BCUT2D eigenvalue weighted by molar-refractivity contribution is 0.252. The first-order valence-electron chi connectivity index (χ1n) is 8.70. The molecule has 0 bridgehead atoms. The SMILES string of the molecule is COc1ncc(F)cc1C(CO[Si](C)(C)C(C)(C)C)N[S@@+]([O-])C(C)(C)C. The minimum absolute atomic E-state index is 0.0327. The van der Waals surface area contributed by atoms with Gasteiger partial charge in [0, 0.05) is 16.9 Å². The molecule has 1 aromatic heterocycles. The van der Waals surface area contributed by atoms with Gasteiger partial charge in [-0.25, -0.2) is 9.37 Å². The number of rotatable bonds is 7. The van der Waals surface area contributed by atoms with E-state index in [0.29, 0.717) is 11.4 Å². The van der Waals surface area contributed by atoms with Gasteiger partial charge in [-0.2, -0.15) is 0 Å². The molecule has 1 rings (SSSR count). The maximum absolute atomic E-state index is 13.8. The van der Waals surface area contributed by atoms with Gasteiger partial charge in [0.2, 0.25) is 5.88 Å².